The van der Waals surface area contributed by atoms with Crippen molar-refractivity contribution in [2.24, 2.45) is 0 Å². The van der Waals surface area contributed by atoms with Gasteiger partial charge in [-0.15, -0.1) is 0 Å². The molecule has 1 atom stereocenters. The van der Waals surface area contributed by atoms with Crippen molar-refractivity contribution in [3.63, 3.8) is 0 Å². The van der Waals surface area contributed by atoms with E-state index in [1.165, 1.54) is 0 Å². The van der Waals surface area contributed by atoms with Crippen LogP contribution in [0, 0.1) is 15.9 Å². The van der Waals surface area contributed by atoms with Gasteiger partial charge in [0.25, 0.3) is 6.43 Å². The molecule has 1 N–H and O–H groups in total. The SMILES string of the molecule is O=[N+]([O-])c1cc(C(O)C(F)F)ccc1F. The molecule has 0 bridgehead atoms. The molecule has 0 amide bonds. The van der Waals surface area contributed by atoms with Gasteiger partial charge in [-0.2, -0.15) is 4.39 Å². The van der Waals surface area contributed by atoms with E-state index in [0.29, 0.717) is 12.1 Å². The predicted octanol–water partition coefficient (Wildman–Crippen LogP) is 2.03. The number of alkyl halides is 2. The number of hydrogen-bond donors (Lipinski definition) is 1. The second-order valence-electron chi connectivity index (χ2n) is 2.75. The zero-order valence-electron chi connectivity index (χ0n) is 7.23. The maximum absolute atomic E-state index is 12.8. The van der Waals surface area contributed by atoms with Crippen molar-refractivity contribution in [2.75, 3.05) is 0 Å². The highest BCUT2D eigenvalue weighted by Gasteiger charge is 2.23. The van der Waals surface area contributed by atoms with E-state index >= 15 is 0 Å². The third-order valence-electron chi connectivity index (χ3n) is 1.75. The fraction of sp³-hybridized carbons (Fsp3) is 0.250. The van der Waals surface area contributed by atoms with E-state index in [0.717, 1.165) is 6.07 Å². The number of aliphatic hydroxyl groups is 1. The molecule has 7 heteroatoms. The summed E-state index contributed by atoms with van der Waals surface area (Å²) in [4.78, 5) is 9.22. The maximum Gasteiger partial charge on any atom is 0.305 e. The quantitative estimate of drug-likeness (QED) is 0.627. The number of hydrogen-bond acceptors (Lipinski definition) is 3. The Morgan fingerprint density at radius 1 is 1.40 bits per heavy atom. The molecule has 0 heterocycles. The summed E-state index contributed by atoms with van der Waals surface area (Å²) >= 11 is 0. The van der Waals surface area contributed by atoms with E-state index in [9.17, 15) is 23.3 Å². The van der Waals surface area contributed by atoms with Crippen LogP contribution in [0.2, 0.25) is 0 Å². The van der Waals surface area contributed by atoms with Gasteiger partial charge in [0.05, 0.1) is 4.92 Å². The molecule has 0 aromatic heterocycles. The first-order chi connectivity index (χ1) is 6.93. The Morgan fingerprint density at radius 3 is 2.47 bits per heavy atom. The number of nitro groups is 1. The minimum atomic E-state index is -3.07. The summed E-state index contributed by atoms with van der Waals surface area (Å²) in [7, 11) is 0. The molecule has 82 valence electrons. The molecule has 1 unspecified atom stereocenters. The Morgan fingerprint density at radius 2 is 2.00 bits per heavy atom. The second-order valence-corrected chi connectivity index (χ2v) is 2.75. The average molecular weight is 221 g/mol. The molecule has 0 aliphatic rings. The topological polar surface area (TPSA) is 63.4 Å². The Labute approximate surface area is 82.1 Å². The van der Waals surface area contributed by atoms with Crippen molar-refractivity contribution < 1.29 is 23.2 Å². The van der Waals surface area contributed by atoms with E-state index in [1.807, 2.05) is 0 Å². The second kappa shape index (κ2) is 4.26. The Bertz CT molecular complexity index is 383. The fourth-order valence-corrected chi connectivity index (χ4v) is 0.999. The Kier molecular flexibility index (Phi) is 3.25. The van der Waals surface area contributed by atoms with Crippen LogP contribution in [0.15, 0.2) is 18.2 Å². The summed E-state index contributed by atoms with van der Waals surface area (Å²) in [5.41, 5.74) is -1.33. The molecule has 0 radical (unpaired) electrons. The van der Waals surface area contributed by atoms with Gasteiger partial charge >= 0.3 is 5.69 Å². The van der Waals surface area contributed by atoms with Crippen LogP contribution in [0.4, 0.5) is 18.9 Å². The minimum absolute atomic E-state index is 0.391. The molecule has 1 aromatic carbocycles. The van der Waals surface area contributed by atoms with E-state index in [2.05, 4.69) is 0 Å². The Balaban J connectivity index is 3.13. The predicted molar refractivity (Wildman–Crippen MR) is 44.0 cm³/mol. The van der Waals surface area contributed by atoms with Gasteiger partial charge in [0.15, 0.2) is 0 Å². The highest BCUT2D eigenvalue weighted by molar-refractivity contribution is 5.37. The lowest BCUT2D eigenvalue weighted by Gasteiger charge is -2.08. The third kappa shape index (κ3) is 2.44. The molecular weight excluding hydrogens is 215 g/mol. The lowest BCUT2D eigenvalue weighted by molar-refractivity contribution is -0.387. The van der Waals surface area contributed by atoms with Crippen molar-refractivity contribution in [3.05, 3.63) is 39.7 Å². The zero-order valence-corrected chi connectivity index (χ0v) is 7.23. The molecular formula is C8H6F3NO3. The molecule has 0 aliphatic heterocycles. The van der Waals surface area contributed by atoms with Gasteiger partial charge in [-0.25, -0.2) is 8.78 Å². The van der Waals surface area contributed by atoms with Crippen molar-refractivity contribution in [2.45, 2.75) is 12.5 Å². The smallest absolute Gasteiger partial charge is 0.305 e. The van der Waals surface area contributed by atoms with Crippen LogP contribution < -0.4 is 0 Å². The van der Waals surface area contributed by atoms with Gasteiger partial charge in [0, 0.05) is 6.07 Å². The summed E-state index contributed by atoms with van der Waals surface area (Å²) in [6.07, 6.45) is -5.22. The van der Waals surface area contributed by atoms with E-state index < -0.39 is 34.5 Å². The standard InChI is InChI=1S/C8H6F3NO3/c9-5-2-1-4(7(13)8(10)11)3-6(5)12(14)15/h1-3,7-8,13H. The summed E-state index contributed by atoms with van der Waals surface area (Å²) in [6.45, 7) is 0. The average Bonchev–Trinajstić information content (AvgIpc) is 2.16. The first kappa shape index (κ1) is 11.4. The molecule has 0 aliphatic carbocycles. The van der Waals surface area contributed by atoms with Gasteiger partial charge in [-0.3, -0.25) is 10.1 Å². The summed E-state index contributed by atoms with van der Waals surface area (Å²) < 4.78 is 36.8. The molecule has 1 aromatic rings. The maximum atomic E-state index is 12.8. The molecule has 1 rings (SSSR count). The van der Waals surface area contributed by atoms with Crippen molar-refractivity contribution in [1.82, 2.24) is 0 Å². The normalized spacial score (nSPS) is 12.9. The first-order valence-electron chi connectivity index (χ1n) is 3.83. The largest absolute Gasteiger partial charge is 0.382 e. The van der Waals surface area contributed by atoms with Crippen LogP contribution in [0.1, 0.15) is 11.7 Å². The highest BCUT2D eigenvalue weighted by atomic mass is 19.3. The molecule has 0 saturated heterocycles. The molecule has 15 heavy (non-hydrogen) atoms. The van der Waals surface area contributed by atoms with Crippen molar-refractivity contribution in [3.8, 4) is 0 Å². The summed E-state index contributed by atoms with van der Waals surface area (Å²) in [6, 6.07) is 2.13. The Hall–Kier alpha value is -1.63. The lowest BCUT2D eigenvalue weighted by atomic mass is 10.1. The van der Waals surface area contributed by atoms with Gasteiger partial charge in [-0.05, 0) is 11.6 Å². The zero-order chi connectivity index (χ0) is 11.6. The van der Waals surface area contributed by atoms with Crippen molar-refractivity contribution >= 4 is 5.69 Å². The number of rotatable bonds is 3. The number of halogens is 3. The van der Waals surface area contributed by atoms with E-state index in [1.54, 1.807) is 0 Å². The first-order valence-corrected chi connectivity index (χ1v) is 3.83. The monoisotopic (exact) mass is 221 g/mol. The number of nitrogens with zero attached hydrogens (tertiary/aromatic N) is 1. The third-order valence-corrected chi connectivity index (χ3v) is 1.75. The van der Waals surface area contributed by atoms with Gasteiger partial charge in [-0.1, -0.05) is 6.07 Å². The van der Waals surface area contributed by atoms with Crippen LogP contribution in [0.5, 0.6) is 0 Å². The van der Waals surface area contributed by atoms with Gasteiger partial charge in [0.2, 0.25) is 5.82 Å². The van der Waals surface area contributed by atoms with Crippen LogP contribution in [-0.4, -0.2) is 16.5 Å². The van der Waals surface area contributed by atoms with Crippen LogP contribution in [0.3, 0.4) is 0 Å². The fourth-order valence-electron chi connectivity index (χ4n) is 0.999. The molecule has 0 fully saturated rings. The van der Waals surface area contributed by atoms with Gasteiger partial charge in [0.1, 0.15) is 6.10 Å². The van der Waals surface area contributed by atoms with E-state index in [-0.39, 0.29) is 0 Å². The summed E-state index contributed by atoms with van der Waals surface area (Å²) in [5, 5.41) is 19.2. The molecule has 0 spiro atoms. The minimum Gasteiger partial charge on any atom is -0.382 e. The number of nitro benzene ring substituents is 1. The van der Waals surface area contributed by atoms with E-state index in [4.69, 9.17) is 5.11 Å². The van der Waals surface area contributed by atoms with Crippen LogP contribution in [-0.2, 0) is 0 Å². The van der Waals surface area contributed by atoms with Gasteiger partial charge < -0.3 is 5.11 Å². The molecule has 0 saturated carbocycles. The number of benzene rings is 1. The van der Waals surface area contributed by atoms with Crippen molar-refractivity contribution in [1.29, 1.82) is 0 Å². The summed E-state index contributed by atoms with van der Waals surface area (Å²) in [5.74, 6) is -1.13. The highest BCUT2D eigenvalue weighted by Crippen LogP contribution is 2.25. The van der Waals surface area contributed by atoms with Crippen LogP contribution in [0.25, 0.3) is 0 Å². The number of aliphatic hydroxyl groups excluding tert-OH is 1. The lowest BCUT2D eigenvalue weighted by Crippen LogP contribution is -2.08. The van der Waals surface area contributed by atoms with Crippen LogP contribution >= 0.6 is 0 Å². The molecule has 4 nitrogen and oxygen atoms in total.